The lowest BCUT2D eigenvalue weighted by molar-refractivity contribution is -0.132. The van der Waals surface area contributed by atoms with E-state index < -0.39 is 17.7 Å². The average molecular weight is 646 g/mol. The summed E-state index contributed by atoms with van der Waals surface area (Å²) in [6, 6.07) is 19.1. The van der Waals surface area contributed by atoms with Gasteiger partial charge in [-0.2, -0.15) is 0 Å². The van der Waals surface area contributed by atoms with Gasteiger partial charge in [-0.25, -0.2) is 0 Å². The Bertz CT molecular complexity index is 1740. The van der Waals surface area contributed by atoms with Crippen LogP contribution in [-0.2, 0) is 15.3 Å². The molecule has 1 N–H and O–H groups in total. The predicted molar refractivity (Wildman–Crippen MR) is 172 cm³/mol. The normalized spacial score (nSPS) is 17.0. The van der Waals surface area contributed by atoms with Crippen molar-refractivity contribution in [2.45, 2.75) is 36.4 Å². The summed E-state index contributed by atoms with van der Waals surface area (Å²) in [7, 11) is 0. The van der Waals surface area contributed by atoms with E-state index in [2.05, 4.69) is 10.2 Å². The van der Waals surface area contributed by atoms with E-state index in [0.717, 1.165) is 12.0 Å². The van der Waals surface area contributed by atoms with Gasteiger partial charge in [0.05, 0.1) is 24.8 Å². The molecular weight excluding hydrogens is 615 g/mol. The average Bonchev–Trinajstić information content (AvgIpc) is 3.64. The van der Waals surface area contributed by atoms with E-state index >= 15 is 0 Å². The number of ether oxygens (including phenoxy) is 4. The number of amides is 1. The third-order valence-electron chi connectivity index (χ3n) is 7.11. The number of hydrogen-bond donors (Lipinski definition) is 1. The Labute approximate surface area is 268 Å². The summed E-state index contributed by atoms with van der Waals surface area (Å²) >= 11 is 2.69. The Hall–Kier alpha value is -4.55. The highest BCUT2D eigenvalue weighted by Crippen LogP contribution is 2.46. The van der Waals surface area contributed by atoms with Crippen molar-refractivity contribution in [1.82, 2.24) is 10.2 Å². The van der Waals surface area contributed by atoms with Crippen molar-refractivity contribution in [3.8, 4) is 23.0 Å². The van der Waals surface area contributed by atoms with Gasteiger partial charge < -0.3 is 24.1 Å². The third kappa shape index (κ3) is 6.34. The second kappa shape index (κ2) is 13.6. The fraction of sp³-hybridized carbons (Fsp3) is 0.273. The van der Waals surface area contributed by atoms with E-state index in [1.807, 2.05) is 44.2 Å². The van der Waals surface area contributed by atoms with Gasteiger partial charge in [-0.15, -0.1) is 10.2 Å². The van der Waals surface area contributed by atoms with E-state index in [1.54, 1.807) is 36.4 Å². The second-order valence-electron chi connectivity index (χ2n) is 10.1. The zero-order valence-corrected chi connectivity index (χ0v) is 26.4. The van der Waals surface area contributed by atoms with Crippen molar-refractivity contribution < 1.29 is 33.6 Å². The van der Waals surface area contributed by atoms with Crippen molar-refractivity contribution in [3.05, 3.63) is 89.0 Å². The van der Waals surface area contributed by atoms with Crippen LogP contribution in [0.25, 0.3) is 5.76 Å². The zero-order chi connectivity index (χ0) is 31.3. The standard InChI is InChI=1S/C33H31N3O7S2/c1-3-14-41-23-12-10-21(17-25(23)40-4-2)28-27(29(37)22-11-13-24-26(18-22)43-16-15-42-24)30(38)31(39)36(28)32-34-35-33(45-32)44-19-20-8-6-5-7-9-20/h5-13,17-18,28,37H,3-4,14-16,19H2,1-2H3. The van der Waals surface area contributed by atoms with E-state index in [0.29, 0.717) is 70.6 Å². The van der Waals surface area contributed by atoms with Crippen LogP contribution >= 0.6 is 23.1 Å². The van der Waals surface area contributed by atoms with Gasteiger partial charge in [0.25, 0.3) is 5.78 Å². The molecule has 10 nitrogen and oxygen atoms in total. The Balaban J connectivity index is 1.43. The molecule has 0 bridgehead atoms. The zero-order valence-electron chi connectivity index (χ0n) is 24.7. The highest BCUT2D eigenvalue weighted by Gasteiger charge is 2.48. The lowest BCUT2D eigenvalue weighted by Gasteiger charge is -2.24. The molecule has 2 aliphatic heterocycles. The molecule has 1 saturated heterocycles. The first kappa shape index (κ1) is 30.5. The summed E-state index contributed by atoms with van der Waals surface area (Å²) in [5.41, 5.74) is 1.88. The van der Waals surface area contributed by atoms with Crippen LogP contribution in [-0.4, -0.2) is 53.4 Å². The number of Topliss-reactive ketones (excluding diaryl/α,β-unsaturated/α-hetero) is 1. The van der Waals surface area contributed by atoms with E-state index in [4.69, 9.17) is 18.9 Å². The molecule has 4 aromatic rings. The molecule has 2 aliphatic rings. The van der Waals surface area contributed by atoms with Gasteiger partial charge in [0.15, 0.2) is 27.3 Å². The quantitative estimate of drug-likeness (QED) is 0.0644. The summed E-state index contributed by atoms with van der Waals surface area (Å²) in [6.45, 7) is 5.51. The minimum Gasteiger partial charge on any atom is -0.507 e. The van der Waals surface area contributed by atoms with Crippen molar-refractivity contribution in [2.75, 3.05) is 31.3 Å². The first-order valence-corrected chi connectivity index (χ1v) is 16.4. The fourth-order valence-corrected chi connectivity index (χ4v) is 6.89. The van der Waals surface area contributed by atoms with Crippen molar-refractivity contribution in [3.63, 3.8) is 0 Å². The van der Waals surface area contributed by atoms with Crippen LogP contribution in [0.15, 0.2) is 76.6 Å². The number of thioether (sulfide) groups is 1. The predicted octanol–water partition coefficient (Wildman–Crippen LogP) is 6.42. The number of benzene rings is 3. The van der Waals surface area contributed by atoms with Crippen LogP contribution in [0.2, 0.25) is 0 Å². The maximum Gasteiger partial charge on any atom is 0.301 e. The molecule has 0 aliphatic carbocycles. The highest BCUT2D eigenvalue weighted by atomic mass is 32.2. The Kier molecular flexibility index (Phi) is 9.22. The fourth-order valence-electron chi connectivity index (χ4n) is 5.06. The Morgan fingerprint density at radius 1 is 0.978 bits per heavy atom. The highest BCUT2D eigenvalue weighted by molar-refractivity contribution is 8.00. The number of aliphatic hydroxyl groups excluding tert-OH is 1. The molecule has 0 radical (unpaired) electrons. The van der Waals surface area contributed by atoms with Gasteiger partial charge in [0.1, 0.15) is 19.0 Å². The van der Waals surface area contributed by atoms with E-state index in [1.165, 1.54) is 28.0 Å². The molecule has 232 valence electrons. The second-order valence-corrected chi connectivity index (χ2v) is 12.3. The summed E-state index contributed by atoms with van der Waals surface area (Å²) in [5.74, 6) is 0.643. The van der Waals surface area contributed by atoms with Crippen LogP contribution in [0.4, 0.5) is 5.13 Å². The van der Waals surface area contributed by atoms with Crippen molar-refractivity contribution in [1.29, 1.82) is 0 Å². The third-order valence-corrected chi connectivity index (χ3v) is 9.24. The topological polar surface area (TPSA) is 120 Å². The van der Waals surface area contributed by atoms with Gasteiger partial charge >= 0.3 is 5.91 Å². The summed E-state index contributed by atoms with van der Waals surface area (Å²) in [5, 5.41) is 20.5. The molecule has 1 aromatic heterocycles. The molecule has 6 rings (SSSR count). The number of fused-ring (bicyclic) bond motifs is 1. The molecule has 3 aromatic carbocycles. The SMILES string of the molecule is CCCOc1ccc(C2C(=C(O)c3ccc4c(c3)OCCO4)C(=O)C(=O)N2c2nnc(SCc3ccccc3)s2)cc1OCC. The van der Waals surface area contributed by atoms with Crippen LogP contribution in [0.5, 0.6) is 23.0 Å². The monoisotopic (exact) mass is 645 g/mol. The molecule has 0 saturated carbocycles. The molecule has 45 heavy (non-hydrogen) atoms. The lowest BCUT2D eigenvalue weighted by atomic mass is 9.95. The maximum atomic E-state index is 13.7. The number of carbonyl (C=O) groups excluding carboxylic acids is 2. The lowest BCUT2D eigenvalue weighted by Crippen LogP contribution is -2.29. The van der Waals surface area contributed by atoms with E-state index in [-0.39, 0.29) is 16.5 Å². The Morgan fingerprint density at radius 2 is 1.78 bits per heavy atom. The number of aromatic nitrogens is 2. The van der Waals surface area contributed by atoms with Crippen molar-refractivity contribution in [2.24, 2.45) is 0 Å². The van der Waals surface area contributed by atoms with Gasteiger partial charge in [-0.3, -0.25) is 14.5 Å². The smallest absolute Gasteiger partial charge is 0.301 e. The Morgan fingerprint density at radius 3 is 2.56 bits per heavy atom. The molecule has 12 heteroatoms. The minimum absolute atomic E-state index is 0.0879. The number of carbonyl (C=O) groups is 2. The minimum atomic E-state index is -1.02. The summed E-state index contributed by atoms with van der Waals surface area (Å²) in [4.78, 5) is 28.8. The summed E-state index contributed by atoms with van der Waals surface area (Å²) < 4.78 is 23.7. The van der Waals surface area contributed by atoms with Crippen LogP contribution in [0.1, 0.15) is 43.0 Å². The van der Waals surface area contributed by atoms with Crippen LogP contribution in [0, 0.1) is 0 Å². The number of hydrogen-bond acceptors (Lipinski definition) is 11. The van der Waals surface area contributed by atoms with E-state index in [9.17, 15) is 14.7 Å². The summed E-state index contributed by atoms with van der Waals surface area (Å²) in [6.07, 6.45) is 0.810. The van der Waals surface area contributed by atoms with Gasteiger partial charge in [-0.05, 0) is 54.8 Å². The van der Waals surface area contributed by atoms with Gasteiger partial charge in [0, 0.05) is 11.3 Å². The molecule has 1 fully saturated rings. The van der Waals surface area contributed by atoms with Gasteiger partial charge in [-0.1, -0.05) is 66.4 Å². The number of anilines is 1. The number of ketones is 1. The molecule has 1 unspecified atom stereocenters. The largest absolute Gasteiger partial charge is 0.507 e. The first-order valence-electron chi connectivity index (χ1n) is 14.6. The maximum absolute atomic E-state index is 13.7. The number of nitrogens with zero attached hydrogens (tertiary/aromatic N) is 3. The van der Waals surface area contributed by atoms with Crippen LogP contribution < -0.4 is 23.8 Å². The number of aliphatic hydroxyl groups is 1. The molecule has 0 spiro atoms. The van der Waals surface area contributed by atoms with Crippen LogP contribution in [0.3, 0.4) is 0 Å². The van der Waals surface area contributed by atoms with Crippen molar-refractivity contribution >= 4 is 45.7 Å². The number of rotatable bonds is 11. The molecule has 1 atom stereocenters. The molecular formula is C33H31N3O7S2. The van der Waals surface area contributed by atoms with Gasteiger partial charge in [0.2, 0.25) is 5.13 Å². The molecule has 3 heterocycles. The first-order chi connectivity index (χ1) is 22.0. The molecule has 1 amide bonds.